The Morgan fingerprint density at radius 3 is 2.45 bits per heavy atom. The molecule has 0 aromatic heterocycles. The van der Waals surface area contributed by atoms with Gasteiger partial charge in [-0.2, -0.15) is 0 Å². The van der Waals surface area contributed by atoms with Crippen LogP contribution in [0.5, 0.6) is 0 Å². The fraction of sp³-hybridized carbons (Fsp3) is 0.467. The summed E-state index contributed by atoms with van der Waals surface area (Å²) >= 11 is 0. The molecule has 0 bridgehead atoms. The van der Waals surface area contributed by atoms with E-state index in [2.05, 4.69) is 16.8 Å². The summed E-state index contributed by atoms with van der Waals surface area (Å²) in [5, 5.41) is 23.9. The van der Waals surface area contributed by atoms with Crippen LogP contribution in [0.25, 0.3) is 0 Å². The number of piperidine rings is 1. The first-order valence-corrected chi connectivity index (χ1v) is 13.9. The minimum absolute atomic E-state index is 0.00357. The average molecular weight is 551 g/mol. The predicted molar refractivity (Wildman–Crippen MR) is 151 cm³/mol. The van der Waals surface area contributed by atoms with E-state index in [1.54, 1.807) is 23.1 Å². The molecule has 2 aliphatic rings. The number of carbonyl (C=O) groups excluding carboxylic acids is 1. The molecule has 1 heterocycles. The molecule has 1 aliphatic heterocycles. The second kappa shape index (κ2) is 14.0. The molecule has 3 atom stereocenters. The third kappa shape index (κ3) is 7.89. The third-order valence-corrected chi connectivity index (χ3v) is 7.91. The maximum atomic E-state index is 12.9. The lowest BCUT2D eigenvalue weighted by Crippen LogP contribution is -2.48. The van der Waals surface area contributed by atoms with E-state index >= 15 is 0 Å². The Balaban J connectivity index is 1.22. The highest BCUT2D eigenvalue weighted by molar-refractivity contribution is 5.75. The van der Waals surface area contributed by atoms with Crippen molar-refractivity contribution >= 4 is 17.7 Å². The number of rotatable bonds is 12. The molecule has 1 saturated carbocycles. The topological polar surface area (TPSA) is 125 Å². The van der Waals surface area contributed by atoms with Crippen LogP contribution in [-0.2, 0) is 16.1 Å². The number of hydrogen-bond donors (Lipinski definition) is 2. The van der Waals surface area contributed by atoms with Crippen molar-refractivity contribution in [3.8, 4) is 0 Å². The summed E-state index contributed by atoms with van der Waals surface area (Å²) < 4.78 is 5.53. The number of carboxylic acid groups (broad SMARTS) is 1. The van der Waals surface area contributed by atoms with Crippen molar-refractivity contribution in [2.24, 2.45) is 5.92 Å². The zero-order valence-electron chi connectivity index (χ0n) is 22.7. The molecule has 1 saturated heterocycles. The molecule has 2 fully saturated rings. The number of nitro benzene ring substituents is 1. The smallest absolute Gasteiger partial charge is 0.410 e. The molecule has 40 heavy (non-hydrogen) atoms. The molecule has 214 valence electrons. The number of aliphatic carboxylic acids is 1. The standard InChI is InChI=1S/C30H38N4O6/c1-2-16-33(30(37)40-21-22-9-12-27(13-10-22)34(38)39)26-14-17-32(18-15-26)20-23-8-11-25(19-23)31-28(29(35)36)24-6-4-3-5-7-24/h2-7,9-10,12-13,23,25-26,28,31H,1,8,11,14-21H2,(H,35,36)/t23-,25?,28?/m1/s1. The minimum atomic E-state index is -0.855. The van der Waals surface area contributed by atoms with Crippen LogP contribution in [0, 0.1) is 16.0 Å². The number of carboxylic acids is 1. The number of likely N-dealkylation sites (tertiary alicyclic amines) is 1. The maximum absolute atomic E-state index is 12.9. The van der Waals surface area contributed by atoms with Crippen molar-refractivity contribution in [3.05, 3.63) is 88.5 Å². The maximum Gasteiger partial charge on any atom is 0.410 e. The Labute approximate surface area is 234 Å². The van der Waals surface area contributed by atoms with Crippen molar-refractivity contribution in [3.63, 3.8) is 0 Å². The van der Waals surface area contributed by atoms with Gasteiger partial charge in [0.2, 0.25) is 0 Å². The number of hydrogen-bond acceptors (Lipinski definition) is 7. The summed E-state index contributed by atoms with van der Waals surface area (Å²) in [6.07, 6.45) is 5.95. The van der Waals surface area contributed by atoms with Gasteiger partial charge >= 0.3 is 12.1 Å². The number of carbonyl (C=O) groups is 2. The zero-order chi connectivity index (χ0) is 28.5. The van der Waals surface area contributed by atoms with E-state index in [4.69, 9.17) is 4.74 Å². The Bertz CT molecular complexity index is 1150. The molecule has 10 heteroatoms. The van der Waals surface area contributed by atoms with Gasteiger partial charge in [-0.1, -0.05) is 36.4 Å². The Morgan fingerprint density at radius 2 is 1.82 bits per heavy atom. The number of nitrogens with zero attached hydrogens (tertiary/aromatic N) is 3. The molecule has 4 rings (SSSR count). The van der Waals surface area contributed by atoms with E-state index in [1.165, 1.54) is 12.1 Å². The third-order valence-electron chi connectivity index (χ3n) is 7.91. The number of nitrogens with one attached hydrogen (secondary N) is 1. The van der Waals surface area contributed by atoms with Gasteiger partial charge in [0.1, 0.15) is 12.6 Å². The molecule has 2 N–H and O–H groups in total. The van der Waals surface area contributed by atoms with Gasteiger partial charge in [-0.3, -0.25) is 20.2 Å². The SMILES string of the molecule is C=CCN(C(=O)OCc1ccc([N+](=O)[O-])cc1)C1CCN(C[C@@H]2CCC(NC(C(=O)O)c3ccccc3)C2)CC1. The van der Waals surface area contributed by atoms with Crippen LogP contribution in [0.2, 0.25) is 0 Å². The highest BCUT2D eigenvalue weighted by Gasteiger charge is 2.33. The number of amides is 1. The Kier molecular flexibility index (Phi) is 10.3. The molecule has 2 aromatic rings. The van der Waals surface area contributed by atoms with Crippen LogP contribution < -0.4 is 5.32 Å². The molecule has 2 unspecified atom stereocenters. The Hall–Kier alpha value is -3.76. The van der Waals surface area contributed by atoms with Crippen LogP contribution in [0.3, 0.4) is 0 Å². The van der Waals surface area contributed by atoms with E-state index in [0.717, 1.165) is 57.3 Å². The first kappa shape index (κ1) is 29.2. The lowest BCUT2D eigenvalue weighted by Gasteiger charge is -2.38. The summed E-state index contributed by atoms with van der Waals surface area (Å²) in [5.41, 5.74) is 1.46. The summed E-state index contributed by atoms with van der Waals surface area (Å²) in [7, 11) is 0. The van der Waals surface area contributed by atoms with Crippen LogP contribution in [0.1, 0.15) is 49.3 Å². The summed E-state index contributed by atoms with van der Waals surface area (Å²) in [6, 6.07) is 14.8. The summed E-state index contributed by atoms with van der Waals surface area (Å²) in [6.45, 7) is 6.97. The second-order valence-corrected chi connectivity index (χ2v) is 10.7. The molecule has 1 aliphatic carbocycles. The monoisotopic (exact) mass is 550 g/mol. The van der Waals surface area contributed by atoms with Gasteiger partial charge in [0.05, 0.1) is 4.92 Å². The van der Waals surface area contributed by atoms with Crippen LogP contribution in [-0.4, -0.2) is 70.2 Å². The highest BCUT2D eigenvalue weighted by Crippen LogP contribution is 2.30. The normalized spacial score (nSPS) is 20.5. The highest BCUT2D eigenvalue weighted by atomic mass is 16.6. The predicted octanol–water partition coefficient (Wildman–Crippen LogP) is 4.77. The van der Waals surface area contributed by atoms with E-state index in [0.29, 0.717) is 18.0 Å². The molecule has 0 radical (unpaired) electrons. The average Bonchev–Trinajstić information content (AvgIpc) is 3.41. The molecular weight excluding hydrogens is 512 g/mol. The first-order valence-electron chi connectivity index (χ1n) is 13.9. The summed E-state index contributed by atoms with van der Waals surface area (Å²) in [5.74, 6) is -0.345. The second-order valence-electron chi connectivity index (χ2n) is 10.7. The number of ether oxygens (including phenoxy) is 1. The van der Waals surface area contributed by atoms with Crippen molar-refractivity contribution < 1.29 is 24.4 Å². The number of nitro groups is 1. The lowest BCUT2D eigenvalue weighted by atomic mass is 10.0. The quantitative estimate of drug-likeness (QED) is 0.220. The van der Waals surface area contributed by atoms with E-state index < -0.39 is 23.0 Å². The fourth-order valence-electron chi connectivity index (χ4n) is 5.82. The van der Waals surface area contributed by atoms with E-state index in [1.807, 2.05) is 30.3 Å². The van der Waals surface area contributed by atoms with E-state index in [9.17, 15) is 24.8 Å². The van der Waals surface area contributed by atoms with Crippen molar-refractivity contribution in [2.75, 3.05) is 26.2 Å². The van der Waals surface area contributed by atoms with Gasteiger partial charge in [0.25, 0.3) is 5.69 Å². The minimum Gasteiger partial charge on any atom is -0.480 e. The lowest BCUT2D eigenvalue weighted by molar-refractivity contribution is -0.384. The van der Waals surface area contributed by atoms with Gasteiger partial charge in [-0.05, 0) is 61.3 Å². The largest absolute Gasteiger partial charge is 0.480 e. The Morgan fingerprint density at radius 1 is 1.12 bits per heavy atom. The summed E-state index contributed by atoms with van der Waals surface area (Å²) in [4.78, 5) is 39.3. The fourth-order valence-corrected chi connectivity index (χ4v) is 5.82. The molecule has 10 nitrogen and oxygen atoms in total. The molecule has 1 amide bonds. The van der Waals surface area contributed by atoms with Crippen molar-refractivity contribution in [1.82, 2.24) is 15.1 Å². The van der Waals surface area contributed by atoms with Crippen LogP contribution >= 0.6 is 0 Å². The van der Waals surface area contributed by atoms with Crippen molar-refractivity contribution in [2.45, 2.75) is 56.8 Å². The number of non-ortho nitro benzene ring substituents is 1. The molecule has 0 spiro atoms. The van der Waals surface area contributed by atoms with Gasteiger partial charge in [-0.15, -0.1) is 6.58 Å². The van der Waals surface area contributed by atoms with Gasteiger partial charge in [0.15, 0.2) is 0 Å². The van der Waals surface area contributed by atoms with Gasteiger partial charge in [0, 0.05) is 50.4 Å². The van der Waals surface area contributed by atoms with Gasteiger partial charge < -0.3 is 19.6 Å². The number of benzene rings is 2. The zero-order valence-corrected chi connectivity index (χ0v) is 22.7. The van der Waals surface area contributed by atoms with E-state index in [-0.39, 0.29) is 24.4 Å². The van der Waals surface area contributed by atoms with Crippen LogP contribution in [0.4, 0.5) is 10.5 Å². The van der Waals surface area contributed by atoms with Crippen molar-refractivity contribution in [1.29, 1.82) is 0 Å². The van der Waals surface area contributed by atoms with Crippen LogP contribution in [0.15, 0.2) is 67.3 Å². The van der Waals surface area contributed by atoms with Gasteiger partial charge in [-0.25, -0.2) is 4.79 Å². The molecule has 2 aromatic carbocycles. The molecular formula is C30H38N4O6. The first-order chi connectivity index (χ1) is 19.3.